The van der Waals surface area contributed by atoms with Gasteiger partial charge in [0.1, 0.15) is 5.78 Å². The van der Waals surface area contributed by atoms with Crippen molar-refractivity contribution < 1.29 is 19.2 Å². The number of benzene rings is 1. The molecule has 0 saturated carbocycles. The van der Waals surface area contributed by atoms with Crippen molar-refractivity contribution in [1.82, 2.24) is 4.90 Å². The number of hydrogen-bond donors (Lipinski definition) is 1. The number of carbonyl (C=O) groups excluding carboxylic acids is 4. The molecule has 0 bridgehead atoms. The minimum Gasteiger partial charge on any atom is -0.326 e. The van der Waals surface area contributed by atoms with Crippen LogP contribution >= 0.6 is 0 Å². The van der Waals surface area contributed by atoms with Gasteiger partial charge >= 0.3 is 0 Å². The molecule has 6 heteroatoms. The molecule has 2 rings (SSSR count). The van der Waals surface area contributed by atoms with E-state index >= 15 is 0 Å². The molecule has 1 aromatic rings. The van der Waals surface area contributed by atoms with Gasteiger partial charge < -0.3 is 10.1 Å². The zero-order chi connectivity index (χ0) is 16.8. The van der Waals surface area contributed by atoms with Gasteiger partial charge in [-0.25, -0.2) is 0 Å². The zero-order valence-electron chi connectivity index (χ0n) is 12.9. The molecule has 1 N–H and O–H groups in total. The molecule has 0 unspecified atom stereocenters. The van der Waals surface area contributed by atoms with Crippen molar-refractivity contribution in [1.29, 1.82) is 0 Å². The van der Waals surface area contributed by atoms with Crippen LogP contribution in [0.5, 0.6) is 0 Å². The summed E-state index contributed by atoms with van der Waals surface area (Å²) in [5.74, 6) is -0.910. The Labute approximate surface area is 134 Å². The standard InChI is InChI=1S/C17H18N2O4/c1-12(20)2-3-13-4-6-14(7-5-13)18-15(21)10-11-19-16(22)8-9-17(19)23/h4-9H,2-3,10-11H2,1H3,(H,18,21). The number of carbonyl (C=O) groups is 4. The van der Waals surface area contributed by atoms with Gasteiger partial charge in [0.2, 0.25) is 5.91 Å². The number of imide groups is 1. The molecular weight excluding hydrogens is 296 g/mol. The fourth-order valence-corrected chi connectivity index (χ4v) is 2.16. The lowest BCUT2D eigenvalue weighted by molar-refractivity contribution is -0.137. The Morgan fingerprint density at radius 1 is 1.00 bits per heavy atom. The average molecular weight is 314 g/mol. The molecule has 1 aromatic carbocycles. The summed E-state index contributed by atoms with van der Waals surface area (Å²) in [6, 6.07) is 7.24. The Hall–Kier alpha value is -2.76. The van der Waals surface area contributed by atoms with E-state index in [2.05, 4.69) is 5.32 Å². The van der Waals surface area contributed by atoms with Crippen LogP contribution in [0.1, 0.15) is 25.3 Å². The summed E-state index contributed by atoms with van der Waals surface area (Å²) in [6.07, 6.45) is 3.61. The van der Waals surface area contributed by atoms with Gasteiger partial charge in [0.05, 0.1) is 0 Å². The SMILES string of the molecule is CC(=O)CCc1ccc(NC(=O)CCN2C(=O)C=CC2=O)cc1. The molecule has 0 saturated heterocycles. The van der Waals surface area contributed by atoms with E-state index in [4.69, 9.17) is 0 Å². The van der Waals surface area contributed by atoms with Crippen LogP contribution in [0, 0.1) is 0 Å². The maximum Gasteiger partial charge on any atom is 0.253 e. The molecule has 1 aliphatic heterocycles. The number of aryl methyl sites for hydroxylation is 1. The highest BCUT2D eigenvalue weighted by Crippen LogP contribution is 2.12. The third-order valence-corrected chi connectivity index (χ3v) is 3.47. The van der Waals surface area contributed by atoms with Crippen LogP contribution < -0.4 is 5.32 Å². The van der Waals surface area contributed by atoms with E-state index in [1.807, 2.05) is 12.1 Å². The van der Waals surface area contributed by atoms with Crippen molar-refractivity contribution in [3.8, 4) is 0 Å². The van der Waals surface area contributed by atoms with Crippen molar-refractivity contribution in [2.75, 3.05) is 11.9 Å². The summed E-state index contributed by atoms with van der Waals surface area (Å²) in [6.45, 7) is 1.62. The Bertz CT molecular complexity index is 644. The van der Waals surface area contributed by atoms with Crippen molar-refractivity contribution in [2.45, 2.75) is 26.2 Å². The first-order chi connectivity index (χ1) is 11.0. The number of hydrogen-bond acceptors (Lipinski definition) is 4. The third kappa shape index (κ3) is 4.88. The Balaban J connectivity index is 1.80. The topological polar surface area (TPSA) is 83.6 Å². The fraction of sp³-hybridized carbons (Fsp3) is 0.294. The van der Waals surface area contributed by atoms with Gasteiger partial charge in [-0.1, -0.05) is 12.1 Å². The Morgan fingerprint density at radius 2 is 1.61 bits per heavy atom. The number of Topliss-reactive ketones (excluding diaryl/α,β-unsaturated/α-hetero) is 1. The molecule has 1 heterocycles. The second kappa shape index (κ2) is 7.49. The van der Waals surface area contributed by atoms with Gasteiger partial charge in [0, 0.05) is 37.2 Å². The minimum absolute atomic E-state index is 0.0469. The maximum atomic E-state index is 11.9. The molecule has 0 fully saturated rings. The normalized spacial score (nSPS) is 13.5. The first-order valence-electron chi connectivity index (χ1n) is 7.37. The molecular formula is C17H18N2O4. The van der Waals surface area contributed by atoms with Crippen LogP contribution in [0.4, 0.5) is 5.69 Å². The lowest BCUT2D eigenvalue weighted by Gasteiger charge is -2.13. The number of nitrogens with one attached hydrogen (secondary N) is 1. The lowest BCUT2D eigenvalue weighted by Crippen LogP contribution is -2.33. The fourth-order valence-electron chi connectivity index (χ4n) is 2.16. The Morgan fingerprint density at radius 3 is 2.17 bits per heavy atom. The molecule has 0 radical (unpaired) electrons. The quantitative estimate of drug-likeness (QED) is 0.772. The van der Waals surface area contributed by atoms with E-state index in [1.54, 1.807) is 19.1 Å². The van der Waals surface area contributed by atoms with Gasteiger partial charge in [-0.3, -0.25) is 19.3 Å². The summed E-state index contributed by atoms with van der Waals surface area (Å²) in [5.41, 5.74) is 1.66. The maximum absolute atomic E-state index is 11.9. The number of ketones is 1. The monoisotopic (exact) mass is 314 g/mol. The van der Waals surface area contributed by atoms with Gasteiger partial charge in [-0.05, 0) is 31.0 Å². The van der Waals surface area contributed by atoms with Crippen LogP contribution in [0.15, 0.2) is 36.4 Å². The molecule has 1 aliphatic rings. The van der Waals surface area contributed by atoms with Gasteiger partial charge in [-0.15, -0.1) is 0 Å². The summed E-state index contributed by atoms with van der Waals surface area (Å²) >= 11 is 0. The van der Waals surface area contributed by atoms with Crippen molar-refractivity contribution in [3.63, 3.8) is 0 Å². The number of nitrogens with zero attached hydrogens (tertiary/aromatic N) is 1. The van der Waals surface area contributed by atoms with Crippen LogP contribution in [-0.4, -0.2) is 34.9 Å². The first-order valence-corrected chi connectivity index (χ1v) is 7.37. The molecule has 120 valence electrons. The second-order valence-electron chi connectivity index (χ2n) is 5.36. The summed E-state index contributed by atoms with van der Waals surface area (Å²) in [5, 5.41) is 2.71. The highest BCUT2D eigenvalue weighted by Gasteiger charge is 2.23. The van der Waals surface area contributed by atoms with Crippen molar-refractivity contribution in [3.05, 3.63) is 42.0 Å². The Kier molecular flexibility index (Phi) is 5.41. The largest absolute Gasteiger partial charge is 0.326 e. The molecule has 0 aromatic heterocycles. The van der Waals surface area contributed by atoms with Gasteiger partial charge in [0.15, 0.2) is 0 Å². The van der Waals surface area contributed by atoms with Gasteiger partial charge in [-0.2, -0.15) is 0 Å². The van der Waals surface area contributed by atoms with Crippen molar-refractivity contribution in [2.24, 2.45) is 0 Å². The summed E-state index contributed by atoms with van der Waals surface area (Å²) in [7, 11) is 0. The number of amides is 3. The van der Waals surface area contributed by atoms with E-state index in [0.717, 1.165) is 10.5 Å². The zero-order valence-corrected chi connectivity index (χ0v) is 12.9. The van der Waals surface area contributed by atoms with E-state index in [-0.39, 0.29) is 24.7 Å². The lowest BCUT2D eigenvalue weighted by atomic mass is 10.1. The molecule has 0 atom stereocenters. The molecule has 0 aliphatic carbocycles. The van der Waals surface area contributed by atoms with E-state index in [9.17, 15) is 19.2 Å². The van der Waals surface area contributed by atoms with Crippen LogP contribution in [0.3, 0.4) is 0 Å². The number of rotatable bonds is 7. The summed E-state index contributed by atoms with van der Waals surface area (Å²) in [4.78, 5) is 46.6. The smallest absolute Gasteiger partial charge is 0.253 e. The predicted molar refractivity (Wildman–Crippen MR) is 84.6 cm³/mol. The van der Waals surface area contributed by atoms with E-state index < -0.39 is 11.8 Å². The second-order valence-corrected chi connectivity index (χ2v) is 5.36. The highest BCUT2D eigenvalue weighted by molar-refractivity contribution is 6.13. The minimum atomic E-state index is -0.391. The molecule has 3 amide bonds. The van der Waals surface area contributed by atoms with Gasteiger partial charge in [0.25, 0.3) is 11.8 Å². The van der Waals surface area contributed by atoms with Crippen LogP contribution in [-0.2, 0) is 25.6 Å². The molecule has 0 spiro atoms. The molecule has 23 heavy (non-hydrogen) atoms. The first kappa shape index (κ1) is 16.6. The average Bonchev–Trinajstić information content (AvgIpc) is 2.83. The van der Waals surface area contributed by atoms with Crippen molar-refractivity contribution >= 4 is 29.2 Å². The van der Waals surface area contributed by atoms with E-state index in [0.29, 0.717) is 18.5 Å². The highest BCUT2D eigenvalue weighted by atomic mass is 16.2. The van der Waals surface area contributed by atoms with Crippen LogP contribution in [0.2, 0.25) is 0 Å². The predicted octanol–water partition coefficient (Wildman–Crippen LogP) is 1.46. The number of anilines is 1. The summed E-state index contributed by atoms with van der Waals surface area (Å²) < 4.78 is 0. The third-order valence-electron chi connectivity index (χ3n) is 3.47. The van der Waals surface area contributed by atoms with Crippen LogP contribution in [0.25, 0.3) is 0 Å². The molecule has 6 nitrogen and oxygen atoms in total. The van der Waals surface area contributed by atoms with E-state index in [1.165, 1.54) is 12.2 Å².